The van der Waals surface area contributed by atoms with Crippen molar-refractivity contribution >= 4 is 35.8 Å². The van der Waals surface area contributed by atoms with E-state index < -0.39 is 0 Å². The molecule has 0 bridgehead atoms. The van der Waals surface area contributed by atoms with Gasteiger partial charge in [0.2, 0.25) is 0 Å². The Labute approximate surface area is 102 Å². The van der Waals surface area contributed by atoms with Crippen molar-refractivity contribution in [3.63, 3.8) is 0 Å². The van der Waals surface area contributed by atoms with Gasteiger partial charge in [-0.15, -0.1) is 0 Å². The Balaban J connectivity index is 0.00000144. The van der Waals surface area contributed by atoms with Crippen molar-refractivity contribution in [2.24, 2.45) is 5.92 Å². The Hall–Kier alpha value is -0.110. The van der Waals surface area contributed by atoms with Crippen LogP contribution >= 0.6 is 0 Å². The zero-order chi connectivity index (χ0) is 8.81. The molecule has 1 aliphatic carbocycles. The van der Waals surface area contributed by atoms with Gasteiger partial charge in [-0.3, -0.25) is 0 Å². The number of hydrogen-bond donors (Lipinski definition) is 0. The molecular formula is C11H15NaO. The molecule has 0 spiro atoms. The predicted octanol–water partition coefficient (Wildman–Crippen LogP) is 2.01. The van der Waals surface area contributed by atoms with Crippen molar-refractivity contribution in [1.82, 2.24) is 0 Å². The van der Waals surface area contributed by atoms with E-state index in [1.165, 1.54) is 5.57 Å². The zero-order valence-electron chi connectivity index (χ0n) is 7.36. The molecule has 0 fully saturated rings. The number of carbonyl (C=O) groups is 1. The minimum atomic E-state index is -0.0318. The molecule has 0 saturated carbocycles. The summed E-state index contributed by atoms with van der Waals surface area (Å²) in [5.74, 6) is -0.0318. The molecular weight excluding hydrogens is 171 g/mol. The third kappa shape index (κ3) is 4.61. The van der Waals surface area contributed by atoms with Crippen LogP contribution in [0.1, 0.15) is 19.8 Å². The van der Waals surface area contributed by atoms with E-state index in [-0.39, 0.29) is 35.5 Å². The van der Waals surface area contributed by atoms with Crippen LogP contribution in [0.25, 0.3) is 0 Å². The molecule has 0 aromatic heterocycles. The fourth-order valence-electron chi connectivity index (χ4n) is 1.21. The molecule has 0 aromatic carbocycles. The Bertz CT molecular complexity index is 238. The summed E-state index contributed by atoms with van der Waals surface area (Å²) in [6.07, 6.45) is 13.1. The summed E-state index contributed by atoms with van der Waals surface area (Å²) in [5, 5.41) is 0. The summed E-state index contributed by atoms with van der Waals surface area (Å²) < 4.78 is 0. The van der Waals surface area contributed by atoms with Crippen LogP contribution in [0.5, 0.6) is 0 Å². The summed E-state index contributed by atoms with van der Waals surface area (Å²) in [6, 6.07) is 0. The van der Waals surface area contributed by atoms with E-state index in [2.05, 4.69) is 13.0 Å². The molecule has 0 saturated heterocycles. The Morgan fingerprint density at radius 3 is 2.85 bits per heavy atom. The molecule has 1 aliphatic rings. The second kappa shape index (κ2) is 7.31. The number of aldehydes is 1. The molecule has 0 aromatic rings. The van der Waals surface area contributed by atoms with Crippen molar-refractivity contribution in [1.29, 1.82) is 0 Å². The Morgan fingerprint density at radius 2 is 2.23 bits per heavy atom. The summed E-state index contributed by atoms with van der Waals surface area (Å²) in [6.45, 7) is 2.15. The molecule has 0 amide bonds. The molecule has 13 heavy (non-hydrogen) atoms. The van der Waals surface area contributed by atoms with E-state index in [4.69, 9.17) is 0 Å². The third-order valence-electron chi connectivity index (χ3n) is 1.87. The first-order chi connectivity index (χ1) is 5.86. The normalized spacial score (nSPS) is 20.1. The number of rotatable bonds is 3. The molecule has 1 nitrogen and oxygen atoms in total. The third-order valence-corrected chi connectivity index (χ3v) is 1.87. The van der Waals surface area contributed by atoms with Gasteiger partial charge in [-0.2, -0.15) is 0 Å². The van der Waals surface area contributed by atoms with E-state index >= 15 is 0 Å². The maximum absolute atomic E-state index is 10.5. The van der Waals surface area contributed by atoms with Gasteiger partial charge in [0.15, 0.2) is 0 Å². The van der Waals surface area contributed by atoms with Crippen LogP contribution in [0.4, 0.5) is 0 Å². The van der Waals surface area contributed by atoms with Crippen LogP contribution in [-0.2, 0) is 4.79 Å². The van der Waals surface area contributed by atoms with E-state index in [1.54, 1.807) is 0 Å². The molecule has 0 aliphatic heterocycles. The van der Waals surface area contributed by atoms with Crippen LogP contribution in [0, 0.1) is 5.92 Å². The maximum atomic E-state index is 10.5. The van der Waals surface area contributed by atoms with Crippen LogP contribution in [-0.4, -0.2) is 35.8 Å². The van der Waals surface area contributed by atoms with Gasteiger partial charge >= 0.3 is 29.6 Å². The minimum absolute atomic E-state index is 0. The molecule has 0 radical (unpaired) electrons. The van der Waals surface area contributed by atoms with Gasteiger partial charge in [-0.1, -0.05) is 43.7 Å². The first-order valence-corrected chi connectivity index (χ1v) is 4.37. The van der Waals surface area contributed by atoms with Gasteiger partial charge in [0.05, 0.1) is 5.92 Å². The molecule has 1 unspecified atom stereocenters. The topological polar surface area (TPSA) is 17.1 Å². The van der Waals surface area contributed by atoms with Gasteiger partial charge in [0.25, 0.3) is 0 Å². The number of carbonyl (C=O) groups excluding carboxylic acids is 1. The van der Waals surface area contributed by atoms with Crippen LogP contribution in [0.3, 0.4) is 0 Å². The van der Waals surface area contributed by atoms with E-state index in [1.807, 2.05) is 24.3 Å². The molecule has 0 heterocycles. The number of allylic oxidation sites excluding steroid dienone is 6. The Kier molecular flexibility index (Phi) is 7.25. The summed E-state index contributed by atoms with van der Waals surface area (Å²) in [5.41, 5.74) is 1.30. The number of hydrogen-bond acceptors (Lipinski definition) is 1. The van der Waals surface area contributed by atoms with Crippen molar-refractivity contribution < 1.29 is 4.79 Å². The first kappa shape index (κ1) is 12.9. The van der Waals surface area contributed by atoms with Crippen molar-refractivity contribution in [2.75, 3.05) is 0 Å². The summed E-state index contributed by atoms with van der Waals surface area (Å²) >= 11 is 0. The van der Waals surface area contributed by atoms with Gasteiger partial charge in [0, 0.05) is 0 Å². The molecule has 1 rings (SSSR count). The predicted molar refractivity (Wildman–Crippen MR) is 58.0 cm³/mol. The monoisotopic (exact) mass is 186 g/mol. The SMILES string of the molecule is CCCC1=CC=CC(C=O)C=C1.[NaH]. The average Bonchev–Trinajstić information content (AvgIpc) is 2.31. The van der Waals surface area contributed by atoms with Crippen molar-refractivity contribution in [3.8, 4) is 0 Å². The summed E-state index contributed by atoms with van der Waals surface area (Å²) in [4.78, 5) is 10.5. The van der Waals surface area contributed by atoms with Crippen LogP contribution in [0.15, 0.2) is 36.0 Å². The van der Waals surface area contributed by atoms with E-state index in [0.717, 1.165) is 19.1 Å². The van der Waals surface area contributed by atoms with Crippen LogP contribution in [0.2, 0.25) is 0 Å². The van der Waals surface area contributed by atoms with Crippen molar-refractivity contribution in [3.05, 3.63) is 36.0 Å². The fourth-order valence-corrected chi connectivity index (χ4v) is 1.21. The Morgan fingerprint density at radius 1 is 1.46 bits per heavy atom. The molecule has 2 heteroatoms. The van der Waals surface area contributed by atoms with Gasteiger partial charge in [-0.05, 0) is 12.0 Å². The van der Waals surface area contributed by atoms with Gasteiger partial charge < -0.3 is 4.79 Å². The molecule has 1 atom stereocenters. The van der Waals surface area contributed by atoms with E-state index in [0.29, 0.717) is 0 Å². The summed E-state index contributed by atoms with van der Waals surface area (Å²) in [7, 11) is 0. The fraction of sp³-hybridized carbons (Fsp3) is 0.364. The van der Waals surface area contributed by atoms with E-state index in [9.17, 15) is 4.79 Å². The standard InChI is InChI=1S/C11H14O.Na.H/c1-2-4-10-5-3-6-11(9-12)8-7-10;;/h3,5-9,11H,2,4H2,1H3;;. The van der Waals surface area contributed by atoms with Gasteiger partial charge in [-0.25, -0.2) is 0 Å². The first-order valence-electron chi connectivity index (χ1n) is 4.37. The second-order valence-corrected chi connectivity index (χ2v) is 2.95. The second-order valence-electron chi connectivity index (χ2n) is 2.95. The molecule has 66 valence electrons. The zero-order valence-corrected chi connectivity index (χ0v) is 7.36. The van der Waals surface area contributed by atoms with Gasteiger partial charge in [0.1, 0.15) is 6.29 Å². The average molecular weight is 186 g/mol. The van der Waals surface area contributed by atoms with Crippen molar-refractivity contribution in [2.45, 2.75) is 19.8 Å². The molecule has 0 N–H and O–H groups in total. The van der Waals surface area contributed by atoms with Crippen LogP contribution < -0.4 is 0 Å². The quantitative estimate of drug-likeness (QED) is 0.486.